The number of nitrogens with zero attached hydrogens (tertiary/aromatic N) is 2. The first kappa shape index (κ1) is 34.1. The SMILES string of the molecule is Cc1ccc2c(c1)B1c3cc(C)ccc3N(c3ccc(-c4cccc5c4oc4ccccc45)cc3)c3cccc(c31)N2c1ccc(-c2cccc3c2oc2ccccc23)cc1. The Morgan fingerprint density at radius 3 is 1.28 bits per heavy atom. The topological polar surface area (TPSA) is 32.8 Å². The second-order valence-corrected chi connectivity index (χ2v) is 16.6. The summed E-state index contributed by atoms with van der Waals surface area (Å²) in [6.45, 7) is 4.48. The Morgan fingerprint density at radius 2 is 0.803 bits per heavy atom. The molecule has 0 amide bonds. The maximum Gasteiger partial charge on any atom is 0.252 e. The minimum atomic E-state index is 0.0680. The average Bonchev–Trinajstić information content (AvgIpc) is 3.88. The lowest BCUT2D eigenvalue weighted by molar-refractivity contribution is 0.669. The number of hydrogen-bond donors (Lipinski definition) is 0. The molecule has 0 N–H and O–H groups in total. The van der Waals surface area contributed by atoms with Crippen LogP contribution in [0.5, 0.6) is 0 Å². The van der Waals surface area contributed by atoms with Crippen molar-refractivity contribution in [1.82, 2.24) is 0 Å². The molecule has 0 aliphatic carbocycles. The van der Waals surface area contributed by atoms with Crippen molar-refractivity contribution in [2.75, 3.05) is 9.80 Å². The first-order valence-electron chi connectivity index (χ1n) is 21.0. The van der Waals surface area contributed by atoms with Crippen LogP contribution < -0.4 is 26.2 Å². The summed E-state index contributed by atoms with van der Waals surface area (Å²) in [5, 5.41) is 4.55. The van der Waals surface area contributed by atoms with Crippen LogP contribution in [0, 0.1) is 13.8 Å². The lowest BCUT2D eigenvalue weighted by Crippen LogP contribution is -2.61. The third-order valence-corrected chi connectivity index (χ3v) is 13.0. The van der Waals surface area contributed by atoms with E-state index < -0.39 is 0 Å². The summed E-state index contributed by atoms with van der Waals surface area (Å²) in [6.07, 6.45) is 0. The third-order valence-electron chi connectivity index (χ3n) is 13.0. The molecule has 2 aliphatic heterocycles. The summed E-state index contributed by atoms with van der Waals surface area (Å²) < 4.78 is 12.9. The molecular weight excluding hydrogens is 743 g/mol. The standard InChI is InChI=1S/C56H37BN2O2/c1-34-20-30-48-46(32-34)57-47-33-35(2)21-31-49(47)59(39-28-24-37(25-29-39)41-13-8-15-45-43-11-4-6-19-53(43)61-56(41)45)51-17-9-16-50(54(51)57)58(48)38-26-22-36(23-27-38)40-12-7-14-44-42-10-3-5-18-52(42)60-55(40)44/h3-33H,1-2H3. The lowest BCUT2D eigenvalue weighted by Gasteiger charge is -2.44. The van der Waals surface area contributed by atoms with Gasteiger partial charge in [-0.2, -0.15) is 0 Å². The molecule has 0 spiro atoms. The van der Waals surface area contributed by atoms with Crippen LogP contribution in [0.2, 0.25) is 0 Å². The van der Waals surface area contributed by atoms with Gasteiger partial charge < -0.3 is 18.6 Å². The zero-order chi connectivity index (χ0) is 40.3. The number of furan rings is 2. The number of aryl methyl sites for hydroxylation is 2. The van der Waals surface area contributed by atoms with E-state index in [2.05, 4.69) is 187 Å². The van der Waals surface area contributed by atoms with Crippen LogP contribution >= 0.6 is 0 Å². The van der Waals surface area contributed by atoms with Crippen molar-refractivity contribution in [3.05, 3.63) is 199 Å². The predicted molar refractivity (Wildman–Crippen MR) is 255 cm³/mol. The predicted octanol–water partition coefficient (Wildman–Crippen LogP) is 13.5. The molecule has 4 nitrogen and oxygen atoms in total. The van der Waals surface area contributed by atoms with Gasteiger partial charge in [0, 0.05) is 66.8 Å². The van der Waals surface area contributed by atoms with Crippen molar-refractivity contribution in [3.8, 4) is 22.3 Å². The normalized spacial score (nSPS) is 13.0. The fourth-order valence-corrected chi connectivity index (χ4v) is 10.3. The van der Waals surface area contributed by atoms with E-state index in [1.807, 2.05) is 24.3 Å². The largest absolute Gasteiger partial charge is 0.455 e. The van der Waals surface area contributed by atoms with Crippen LogP contribution in [0.1, 0.15) is 11.1 Å². The third kappa shape index (κ3) is 5.01. The summed E-state index contributed by atoms with van der Waals surface area (Å²) in [5.41, 5.74) is 21.6. The van der Waals surface area contributed by atoms with Gasteiger partial charge in [0.15, 0.2) is 0 Å². The van der Waals surface area contributed by atoms with Gasteiger partial charge in [0.2, 0.25) is 0 Å². The Hall–Kier alpha value is -7.76. The van der Waals surface area contributed by atoms with Gasteiger partial charge >= 0.3 is 0 Å². The van der Waals surface area contributed by atoms with Crippen LogP contribution in [-0.2, 0) is 0 Å². The van der Waals surface area contributed by atoms with E-state index >= 15 is 0 Å². The van der Waals surface area contributed by atoms with Crippen molar-refractivity contribution < 1.29 is 8.83 Å². The smallest absolute Gasteiger partial charge is 0.252 e. The van der Waals surface area contributed by atoms with Gasteiger partial charge in [-0.05, 0) is 102 Å². The molecule has 2 aromatic heterocycles. The Balaban J connectivity index is 0.955. The summed E-state index contributed by atoms with van der Waals surface area (Å²) in [4.78, 5) is 4.93. The molecule has 2 aliphatic rings. The molecule has 13 rings (SSSR count). The maximum atomic E-state index is 6.45. The van der Waals surface area contributed by atoms with Crippen molar-refractivity contribution in [3.63, 3.8) is 0 Å². The van der Waals surface area contributed by atoms with E-state index in [0.717, 1.165) is 77.5 Å². The highest BCUT2D eigenvalue weighted by Gasteiger charge is 2.43. The highest BCUT2D eigenvalue weighted by molar-refractivity contribution is 7.00. The van der Waals surface area contributed by atoms with Crippen molar-refractivity contribution in [1.29, 1.82) is 0 Å². The molecule has 0 saturated carbocycles. The summed E-state index contributed by atoms with van der Waals surface area (Å²) in [5.74, 6) is 0. The molecular formula is C56H37BN2O2. The van der Waals surface area contributed by atoms with Crippen LogP contribution in [0.3, 0.4) is 0 Å². The number of anilines is 6. The molecule has 0 fully saturated rings. The quantitative estimate of drug-likeness (QED) is 0.167. The van der Waals surface area contributed by atoms with Crippen LogP contribution in [0.15, 0.2) is 197 Å². The van der Waals surface area contributed by atoms with Gasteiger partial charge in [0.25, 0.3) is 6.71 Å². The molecule has 5 heteroatoms. The minimum Gasteiger partial charge on any atom is -0.455 e. The minimum absolute atomic E-state index is 0.0680. The summed E-state index contributed by atoms with van der Waals surface area (Å²) in [7, 11) is 0. The first-order valence-corrected chi connectivity index (χ1v) is 21.0. The molecule has 0 saturated heterocycles. The molecule has 0 bridgehead atoms. The van der Waals surface area contributed by atoms with Crippen molar-refractivity contribution in [2.24, 2.45) is 0 Å². The van der Waals surface area contributed by atoms with Gasteiger partial charge in [-0.25, -0.2) is 0 Å². The number of rotatable bonds is 4. The Kier molecular flexibility index (Phi) is 7.20. The fraction of sp³-hybridized carbons (Fsp3) is 0.0357. The molecule has 0 unspecified atom stereocenters. The van der Waals surface area contributed by atoms with E-state index in [9.17, 15) is 0 Å². The lowest BCUT2D eigenvalue weighted by atomic mass is 9.33. The van der Waals surface area contributed by atoms with Crippen LogP contribution in [0.25, 0.3) is 66.1 Å². The van der Waals surface area contributed by atoms with Crippen molar-refractivity contribution >= 4 is 101 Å². The zero-order valence-corrected chi connectivity index (χ0v) is 33.7. The second kappa shape index (κ2) is 12.9. The monoisotopic (exact) mass is 780 g/mol. The maximum absolute atomic E-state index is 6.45. The van der Waals surface area contributed by atoms with Crippen molar-refractivity contribution in [2.45, 2.75) is 13.8 Å². The Labute approximate surface area is 353 Å². The van der Waals surface area contributed by atoms with Crippen LogP contribution in [-0.4, -0.2) is 6.71 Å². The number of fused-ring (bicyclic) bond motifs is 10. The van der Waals surface area contributed by atoms with Gasteiger partial charge in [0.1, 0.15) is 22.3 Å². The molecule has 286 valence electrons. The number of para-hydroxylation sites is 4. The van der Waals surface area contributed by atoms with Gasteiger partial charge in [-0.15, -0.1) is 0 Å². The molecule has 61 heavy (non-hydrogen) atoms. The van der Waals surface area contributed by atoms with E-state index in [0.29, 0.717) is 0 Å². The van der Waals surface area contributed by atoms with Gasteiger partial charge in [0.05, 0.1) is 0 Å². The van der Waals surface area contributed by atoms with Gasteiger partial charge in [-0.3, -0.25) is 0 Å². The molecule has 4 heterocycles. The van der Waals surface area contributed by atoms with E-state index in [-0.39, 0.29) is 6.71 Å². The second-order valence-electron chi connectivity index (χ2n) is 16.6. The highest BCUT2D eigenvalue weighted by Crippen LogP contribution is 2.45. The highest BCUT2D eigenvalue weighted by atomic mass is 16.3. The summed E-state index contributed by atoms with van der Waals surface area (Å²) >= 11 is 0. The summed E-state index contributed by atoms with van der Waals surface area (Å²) in [6, 6.07) is 68.2. The molecule has 9 aromatic carbocycles. The average molecular weight is 781 g/mol. The van der Waals surface area contributed by atoms with Gasteiger partial charge in [-0.1, -0.05) is 139 Å². The molecule has 0 radical (unpaired) electrons. The van der Waals surface area contributed by atoms with E-state index in [1.165, 1.54) is 50.3 Å². The van der Waals surface area contributed by atoms with E-state index in [1.54, 1.807) is 0 Å². The zero-order valence-electron chi connectivity index (χ0n) is 33.7. The Morgan fingerprint density at radius 1 is 0.377 bits per heavy atom. The Bertz CT molecular complexity index is 3350. The molecule has 0 atom stereocenters. The van der Waals surface area contributed by atoms with E-state index in [4.69, 9.17) is 8.83 Å². The number of hydrogen-bond acceptors (Lipinski definition) is 4. The first-order chi connectivity index (χ1) is 30.1. The van der Waals surface area contributed by atoms with Crippen LogP contribution in [0.4, 0.5) is 34.1 Å². The number of benzene rings is 9. The molecule has 11 aromatic rings. The fourth-order valence-electron chi connectivity index (χ4n) is 10.3.